The molecule has 24 heavy (non-hydrogen) atoms. The Balaban J connectivity index is 2.05. The predicted octanol–water partition coefficient (Wildman–Crippen LogP) is 4.25. The number of rotatable bonds is 6. The highest BCUT2D eigenvalue weighted by Crippen LogP contribution is 2.23. The maximum atomic E-state index is 12.1. The monoisotopic (exact) mass is 345 g/mol. The molecule has 1 N–H and O–H groups in total. The van der Waals surface area contributed by atoms with Crippen LogP contribution < -0.4 is 14.8 Å². The molecular formula is C19H20ClNO3. The first-order chi connectivity index (χ1) is 11.5. The second-order valence-corrected chi connectivity index (χ2v) is 5.70. The van der Waals surface area contributed by atoms with Crippen LogP contribution >= 0.6 is 11.6 Å². The molecule has 0 bridgehead atoms. The van der Waals surface area contributed by atoms with Crippen molar-refractivity contribution in [3.63, 3.8) is 0 Å². The van der Waals surface area contributed by atoms with Crippen LogP contribution in [0.2, 0.25) is 5.02 Å². The number of methoxy groups -OCH3 is 2. The lowest BCUT2D eigenvalue weighted by molar-refractivity contribution is -0.117. The Bertz CT molecular complexity index is 721. The van der Waals surface area contributed by atoms with Crippen LogP contribution in [0.4, 0.5) is 0 Å². The number of hydrogen-bond acceptors (Lipinski definition) is 3. The van der Waals surface area contributed by atoms with Crippen LogP contribution in [0, 0.1) is 0 Å². The van der Waals surface area contributed by atoms with Crippen molar-refractivity contribution in [2.24, 2.45) is 0 Å². The summed E-state index contributed by atoms with van der Waals surface area (Å²) in [5.74, 6) is 1.15. The molecule has 1 atom stereocenters. The van der Waals surface area contributed by atoms with E-state index in [2.05, 4.69) is 5.32 Å². The standard InChI is InChI=1S/C19H20ClNO3/c1-13(15-5-4-6-16(20)11-15)21-19(22)8-7-14-9-17(23-2)12-18(10-14)24-3/h4-13H,1-3H3,(H,21,22)/b8-7+/t13-/m1/s1. The molecule has 1 amide bonds. The largest absolute Gasteiger partial charge is 0.497 e. The quantitative estimate of drug-likeness (QED) is 0.796. The summed E-state index contributed by atoms with van der Waals surface area (Å²) in [6, 6.07) is 12.7. The van der Waals surface area contributed by atoms with Crippen LogP contribution in [0.1, 0.15) is 24.1 Å². The fourth-order valence-corrected chi connectivity index (χ4v) is 2.42. The normalized spacial score (nSPS) is 12.0. The van der Waals surface area contributed by atoms with Crippen LogP contribution in [0.3, 0.4) is 0 Å². The lowest BCUT2D eigenvalue weighted by atomic mass is 10.1. The van der Waals surface area contributed by atoms with Crippen LogP contribution in [0.25, 0.3) is 6.08 Å². The minimum Gasteiger partial charge on any atom is -0.497 e. The van der Waals surface area contributed by atoms with Crippen molar-refractivity contribution in [2.45, 2.75) is 13.0 Å². The molecule has 0 aromatic heterocycles. The molecule has 0 unspecified atom stereocenters. The molecule has 126 valence electrons. The van der Waals surface area contributed by atoms with Crippen molar-refractivity contribution in [3.8, 4) is 11.5 Å². The van der Waals surface area contributed by atoms with E-state index in [1.807, 2.05) is 37.3 Å². The predicted molar refractivity (Wildman–Crippen MR) is 96.6 cm³/mol. The van der Waals surface area contributed by atoms with Crippen molar-refractivity contribution in [2.75, 3.05) is 14.2 Å². The van der Waals surface area contributed by atoms with Gasteiger partial charge in [-0.05, 0) is 48.4 Å². The molecule has 5 heteroatoms. The number of carbonyl (C=O) groups excluding carboxylic acids is 1. The second-order valence-electron chi connectivity index (χ2n) is 5.26. The van der Waals surface area contributed by atoms with Crippen LogP contribution in [-0.4, -0.2) is 20.1 Å². The summed E-state index contributed by atoms with van der Waals surface area (Å²) in [4.78, 5) is 12.1. The van der Waals surface area contributed by atoms with Gasteiger partial charge in [-0.15, -0.1) is 0 Å². The second kappa shape index (κ2) is 8.41. The van der Waals surface area contributed by atoms with Gasteiger partial charge in [0.2, 0.25) is 5.91 Å². The van der Waals surface area contributed by atoms with Gasteiger partial charge >= 0.3 is 0 Å². The molecule has 0 aliphatic carbocycles. The Morgan fingerprint density at radius 1 is 1.12 bits per heavy atom. The smallest absolute Gasteiger partial charge is 0.244 e. The lowest BCUT2D eigenvalue weighted by Crippen LogP contribution is -2.24. The maximum Gasteiger partial charge on any atom is 0.244 e. The molecule has 2 rings (SSSR count). The summed E-state index contributed by atoms with van der Waals surface area (Å²) < 4.78 is 10.4. The zero-order chi connectivity index (χ0) is 17.5. The number of amides is 1. The van der Waals surface area contributed by atoms with E-state index in [1.165, 1.54) is 6.08 Å². The summed E-state index contributed by atoms with van der Waals surface area (Å²) in [7, 11) is 3.17. The fourth-order valence-electron chi connectivity index (χ4n) is 2.22. The van der Waals surface area contributed by atoms with E-state index in [9.17, 15) is 4.79 Å². The molecular weight excluding hydrogens is 326 g/mol. The molecule has 0 spiro atoms. The Kier molecular flexibility index (Phi) is 6.27. The number of ether oxygens (including phenoxy) is 2. The molecule has 0 fully saturated rings. The summed E-state index contributed by atoms with van der Waals surface area (Å²) >= 11 is 5.97. The zero-order valence-electron chi connectivity index (χ0n) is 13.9. The molecule has 0 heterocycles. The number of benzene rings is 2. The van der Waals surface area contributed by atoms with Gasteiger partial charge in [0.25, 0.3) is 0 Å². The van der Waals surface area contributed by atoms with Gasteiger partial charge in [-0.2, -0.15) is 0 Å². The first-order valence-corrected chi connectivity index (χ1v) is 7.86. The SMILES string of the molecule is COc1cc(/C=C/C(=O)N[C@H](C)c2cccc(Cl)c2)cc(OC)c1. The highest BCUT2D eigenvalue weighted by Gasteiger charge is 2.08. The third kappa shape index (κ3) is 5.03. The van der Waals surface area contributed by atoms with Gasteiger partial charge in [0.05, 0.1) is 20.3 Å². The zero-order valence-corrected chi connectivity index (χ0v) is 14.6. The number of carbonyl (C=O) groups is 1. The van der Waals surface area contributed by atoms with Crippen molar-refractivity contribution in [3.05, 3.63) is 64.7 Å². The average molecular weight is 346 g/mol. The van der Waals surface area contributed by atoms with Crippen molar-refractivity contribution in [1.29, 1.82) is 0 Å². The Hall–Kier alpha value is -2.46. The first-order valence-electron chi connectivity index (χ1n) is 7.49. The topological polar surface area (TPSA) is 47.6 Å². The molecule has 4 nitrogen and oxygen atoms in total. The summed E-state index contributed by atoms with van der Waals surface area (Å²) in [6.45, 7) is 1.91. The van der Waals surface area contributed by atoms with Gasteiger partial charge in [-0.25, -0.2) is 0 Å². The van der Waals surface area contributed by atoms with Gasteiger partial charge in [0, 0.05) is 17.2 Å². The van der Waals surface area contributed by atoms with Gasteiger partial charge in [-0.1, -0.05) is 23.7 Å². The molecule has 0 aliphatic rings. The number of hydrogen-bond donors (Lipinski definition) is 1. The fraction of sp³-hybridized carbons (Fsp3) is 0.211. The molecule has 0 saturated heterocycles. The van der Waals surface area contributed by atoms with Gasteiger partial charge in [-0.3, -0.25) is 4.79 Å². The van der Waals surface area contributed by atoms with E-state index in [0.717, 1.165) is 11.1 Å². The average Bonchev–Trinajstić information content (AvgIpc) is 2.59. The molecule has 0 radical (unpaired) electrons. The lowest BCUT2D eigenvalue weighted by Gasteiger charge is -2.13. The highest BCUT2D eigenvalue weighted by molar-refractivity contribution is 6.30. The third-order valence-electron chi connectivity index (χ3n) is 3.51. The van der Waals surface area contributed by atoms with Crippen LogP contribution in [-0.2, 0) is 4.79 Å². The molecule has 2 aromatic rings. The maximum absolute atomic E-state index is 12.1. The summed E-state index contributed by atoms with van der Waals surface area (Å²) in [6.07, 6.45) is 3.19. The molecule has 2 aromatic carbocycles. The minimum atomic E-state index is -0.190. The van der Waals surface area contributed by atoms with Crippen LogP contribution in [0.5, 0.6) is 11.5 Å². The Labute approximate surface area is 147 Å². The minimum absolute atomic E-state index is 0.138. The van der Waals surface area contributed by atoms with E-state index < -0.39 is 0 Å². The Morgan fingerprint density at radius 2 is 1.79 bits per heavy atom. The number of nitrogens with one attached hydrogen (secondary N) is 1. The van der Waals surface area contributed by atoms with E-state index >= 15 is 0 Å². The van der Waals surface area contributed by atoms with Crippen molar-refractivity contribution >= 4 is 23.6 Å². The van der Waals surface area contributed by atoms with E-state index in [-0.39, 0.29) is 11.9 Å². The van der Waals surface area contributed by atoms with E-state index in [0.29, 0.717) is 16.5 Å². The van der Waals surface area contributed by atoms with Crippen molar-refractivity contribution < 1.29 is 14.3 Å². The molecule has 0 saturated carbocycles. The third-order valence-corrected chi connectivity index (χ3v) is 3.74. The van der Waals surface area contributed by atoms with Gasteiger partial charge < -0.3 is 14.8 Å². The highest BCUT2D eigenvalue weighted by atomic mass is 35.5. The Morgan fingerprint density at radius 3 is 2.38 bits per heavy atom. The van der Waals surface area contributed by atoms with E-state index in [1.54, 1.807) is 32.4 Å². The van der Waals surface area contributed by atoms with Crippen LogP contribution in [0.15, 0.2) is 48.5 Å². The summed E-state index contributed by atoms with van der Waals surface area (Å²) in [5, 5.41) is 3.55. The van der Waals surface area contributed by atoms with Gasteiger partial charge in [0.15, 0.2) is 0 Å². The first kappa shape index (κ1) is 17.9. The van der Waals surface area contributed by atoms with Crippen molar-refractivity contribution in [1.82, 2.24) is 5.32 Å². The van der Waals surface area contributed by atoms with E-state index in [4.69, 9.17) is 21.1 Å². The number of halogens is 1. The van der Waals surface area contributed by atoms with Gasteiger partial charge in [0.1, 0.15) is 11.5 Å². The summed E-state index contributed by atoms with van der Waals surface area (Å²) in [5.41, 5.74) is 1.77. The molecule has 0 aliphatic heterocycles.